The molecule has 0 radical (unpaired) electrons. The third kappa shape index (κ3) is 3.93. The molecule has 0 amide bonds. The average molecular weight is 602 g/mol. The van der Waals surface area contributed by atoms with Crippen molar-refractivity contribution in [2.75, 3.05) is 14.2 Å². The summed E-state index contributed by atoms with van der Waals surface area (Å²) in [5, 5.41) is -3.46. The first-order valence-electron chi connectivity index (χ1n) is 11.6. The highest BCUT2D eigenvalue weighted by Gasteiger charge is 2.34. The van der Waals surface area contributed by atoms with Crippen LogP contribution in [0, 0.1) is 58.2 Å². The van der Waals surface area contributed by atoms with Gasteiger partial charge in [0.2, 0.25) is 23.3 Å². The SMILES string of the molecule is COc1c(F)c(F)c(-c2c3ccc(F)cc3c(-c3c(F)c(F)c(OC)c(F)c3F)c3c(CF)ccc(F)c23)c(F)c1F. The van der Waals surface area contributed by atoms with Crippen molar-refractivity contribution in [1.29, 1.82) is 0 Å². The van der Waals surface area contributed by atoms with Crippen molar-refractivity contribution in [1.82, 2.24) is 0 Å². The Bertz CT molecular complexity index is 1900. The molecule has 0 fully saturated rings. The maximum Gasteiger partial charge on any atom is 0.204 e. The fourth-order valence-corrected chi connectivity index (χ4v) is 5.01. The molecule has 0 aliphatic heterocycles. The van der Waals surface area contributed by atoms with Gasteiger partial charge in [-0.3, -0.25) is 0 Å². The zero-order valence-electron chi connectivity index (χ0n) is 21.1. The van der Waals surface area contributed by atoms with Crippen LogP contribution >= 0.6 is 0 Å². The van der Waals surface area contributed by atoms with Crippen molar-refractivity contribution in [3.63, 3.8) is 0 Å². The fraction of sp³-hybridized carbons (Fsp3) is 0.103. The summed E-state index contributed by atoms with van der Waals surface area (Å²) in [6.07, 6.45) is 0. The van der Waals surface area contributed by atoms with Gasteiger partial charge in [-0.2, -0.15) is 17.6 Å². The molecule has 0 bridgehead atoms. The highest BCUT2D eigenvalue weighted by atomic mass is 19.2. The number of rotatable bonds is 5. The predicted octanol–water partition coefficient (Wildman–Crippen LogP) is 9.20. The molecule has 0 saturated carbocycles. The second-order valence-electron chi connectivity index (χ2n) is 8.86. The number of ether oxygens (including phenoxy) is 2. The van der Waals surface area contributed by atoms with Gasteiger partial charge in [0.05, 0.1) is 25.3 Å². The molecule has 0 heterocycles. The van der Waals surface area contributed by atoms with E-state index in [0.717, 1.165) is 12.1 Å². The quantitative estimate of drug-likeness (QED) is 0.114. The number of benzene rings is 5. The van der Waals surface area contributed by atoms with Gasteiger partial charge in [0.15, 0.2) is 34.8 Å². The molecule has 0 aliphatic rings. The Labute approximate surface area is 228 Å². The van der Waals surface area contributed by atoms with Gasteiger partial charge in [-0.25, -0.2) is 30.7 Å². The van der Waals surface area contributed by atoms with Gasteiger partial charge in [0, 0.05) is 16.5 Å². The highest BCUT2D eigenvalue weighted by molar-refractivity contribution is 6.22. The molecule has 0 aromatic heterocycles. The van der Waals surface area contributed by atoms with Crippen molar-refractivity contribution >= 4 is 21.5 Å². The van der Waals surface area contributed by atoms with Crippen molar-refractivity contribution in [3.8, 4) is 33.8 Å². The lowest BCUT2D eigenvalue weighted by Gasteiger charge is -2.22. The Morgan fingerprint density at radius 2 is 0.952 bits per heavy atom. The Balaban J connectivity index is 2.17. The monoisotopic (exact) mass is 602 g/mol. The molecule has 0 unspecified atom stereocenters. The van der Waals surface area contributed by atoms with Gasteiger partial charge in [-0.15, -0.1) is 0 Å². The van der Waals surface area contributed by atoms with Crippen LogP contribution in [0.4, 0.5) is 48.3 Å². The lowest BCUT2D eigenvalue weighted by Crippen LogP contribution is -2.07. The summed E-state index contributed by atoms with van der Waals surface area (Å²) in [7, 11) is 1.40. The molecular formula is C29H13F11O2. The average Bonchev–Trinajstić information content (AvgIpc) is 2.96. The second-order valence-corrected chi connectivity index (χ2v) is 8.86. The molecule has 0 saturated heterocycles. The zero-order chi connectivity index (χ0) is 30.8. The van der Waals surface area contributed by atoms with E-state index in [1.54, 1.807) is 0 Å². The molecule has 5 aromatic carbocycles. The van der Waals surface area contributed by atoms with Crippen LogP contribution in [0.2, 0.25) is 0 Å². The highest BCUT2D eigenvalue weighted by Crippen LogP contribution is 2.50. The van der Waals surface area contributed by atoms with Gasteiger partial charge in [0.1, 0.15) is 18.3 Å². The van der Waals surface area contributed by atoms with E-state index >= 15 is 22.0 Å². The molecule has 5 aromatic rings. The van der Waals surface area contributed by atoms with E-state index in [0.29, 0.717) is 32.4 Å². The molecule has 5 rings (SSSR count). The molecule has 0 N–H and O–H groups in total. The summed E-state index contributed by atoms with van der Waals surface area (Å²) in [5.41, 5.74) is -5.85. The third-order valence-electron chi connectivity index (χ3n) is 6.76. The normalized spacial score (nSPS) is 11.5. The fourth-order valence-electron chi connectivity index (χ4n) is 5.01. The number of fused-ring (bicyclic) bond motifs is 2. The number of methoxy groups -OCH3 is 2. The smallest absolute Gasteiger partial charge is 0.204 e. The van der Waals surface area contributed by atoms with E-state index in [1.807, 2.05) is 0 Å². The van der Waals surface area contributed by atoms with Gasteiger partial charge < -0.3 is 9.47 Å². The predicted molar refractivity (Wildman–Crippen MR) is 130 cm³/mol. The summed E-state index contributed by atoms with van der Waals surface area (Å²) in [6, 6.07) is 3.17. The molecule has 13 heteroatoms. The van der Waals surface area contributed by atoms with E-state index in [9.17, 15) is 26.3 Å². The number of hydrogen-bond acceptors (Lipinski definition) is 2. The summed E-state index contributed by atoms with van der Waals surface area (Å²) in [4.78, 5) is 0. The first-order valence-corrected chi connectivity index (χ1v) is 11.6. The van der Waals surface area contributed by atoms with Gasteiger partial charge >= 0.3 is 0 Å². The first kappa shape index (κ1) is 29.0. The van der Waals surface area contributed by atoms with Gasteiger partial charge in [0.25, 0.3) is 0 Å². The molecule has 2 nitrogen and oxygen atoms in total. The van der Waals surface area contributed by atoms with E-state index in [4.69, 9.17) is 0 Å². The molecule has 218 valence electrons. The first-order chi connectivity index (χ1) is 19.9. The largest absolute Gasteiger partial charge is 0.491 e. The Hall–Kier alpha value is -4.55. The Morgan fingerprint density at radius 1 is 0.500 bits per heavy atom. The summed E-state index contributed by atoms with van der Waals surface area (Å²) in [5.74, 6) is -22.4. The molecular weight excluding hydrogens is 589 g/mol. The van der Waals surface area contributed by atoms with E-state index < -0.39 is 126 Å². The lowest BCUT2D eigenvalue weighted by molar-refractivity contribution is 0.334. The maximum absolute atomic E-state index is 15.6. The van der Waals surface area contributed by atoms with Crippen LogP contribution in [-0.4, -0.2) is 14.2 Å². The zero-order valence-corrected chi connectivity index (χ0v) is 21.1. The molecule has 0 aliphatic carbocycles. The van der Waals surface area contributed by atoms with Gasteiger partial charge in [-0.05, 0) is 39.9 Å². The lowest BCUT2D eigenvalue weighted by atomic mass is 9.83. The summed E-state index contributed by atoms with van der Waals surface area (Å²) >= 11 is 0. The van der Waals surface area contributed by atoms with Crippen molar-refractivity contribution in [2.45, 2.75) is 6.67 Å². The maximum atomic E-state index is 15.6. The number of alkyl halides is 1. The van der Waals surface area contributed by atoms with Crippen molar-refractivity contribution in [2.24, 2.45) is 0 Å². The van der Waals surface area contributed by atoms with Crippen LogP contribution < -0.4 is 9.47 Å². The second kappa shape index (κ2) is 10.4. The van der Waals surface area contributed by atoms with E-state index in [2.05, 4.69) is 9.47 Å². The minimum absolute atomic E-state index is 0.492. The van der Waals surface area contributed by atoms with E-state index in [1.165, 1.54) is 0 Å². The molecule has 0 spiro atoms. The minimum atomic E-state index is -2.13. The summed E-state index contributed by atoms with van der Waals surface area (Å²) in [6.45, 7) is -1.56. The standard InChI is InChI=1S/C29H13F11O2/c1-41-28-24(37)20(33)18(21(34)25(28)38)15-11-5-4-10(31)7-12(11)16(14-9(8-30)3-6-13(32)17(14)15)19-22(35)26(39)29(42-2)27(40)23(19)36/h3-7H,8H2,1-2H3. The number of halogens is 11. The third-order valence-corrected chi connectivity index (χ3v) is 6.76. The van der Waals surface area contributed by atoms with Crippen LogP contribution in [0.1, 0.15) is 5.56 Å². The Kier molecular flexibility index (Phi) is 7.15. The topological polar surface area (TPSA) is 18.5 Å². The van der Waals surface area contributed by atoms with E-state index in [-0.39, 0.29) is 0 Å². The van der Waals surface area contributed by atoms with Crippen molar-refractivity contribution in [3.05, 3.63) is 94.1 Å². The van der Waals surface area contributed by atoms with Gasteiger partial charge in [-0.1, -0.05) is 12.1 Å². The van der Waals surface area contributed by atoms with Crippen molar-refractivity contribution < 1.29 is 57.8 Å². The minimum Gasteiger partial charge on any atom is -0.491 e. The van der Waals surface area contributed by atoms with Crippen LogP contribution in [0.15, 0.2) is 30.3 Å². The van der Waals surface area contributed by atoms with Crippen LogP contribution in [0.25, 0.3) is 43.8 Å². The summed E-state index contributed by atoms with van der Waals surface area (Å²) < 4.78 is 174. The number of hydrogen-bond donors (Lipinski definition) is 0. The van der Waals surface area contributed by atoms with Crippen LogP contribution in [-0.2, 0) is 6.67 Å². The Morgan fingerprint density at radius 3 is 1.38 bits per heavy atom. The van der Waals surface area contributed by atoms with Crippen LogP contribution in [0.5, 0.6) is 11.5 Å². The molecule has 42 heavy (non-hydrogen) atoms. The van der Waals surface area contributed by atoms with Crippen LogP contribution in [0.3, 0.4) is 0 Å². The molecule has 0 atom stereocenters.